The minimum Gasteiger partial charge on any atom is -0.337 e. The summed E-state index contributed by atoms with van der Waals surface area (Å²) in [6.45, 7) is 4.12. The van der Waals surface area contributed by atoms with Crippen molar-refractivity contribution < 1.29 is 4.52 Å². The lowest BCUT2D eigenvalue weighted by atomic mass is 10.1. The molecular weight excluding hydrogens is 228 g/mol. The van der Waals surface area contributed by atoms with E-state index in [1.165, 1.54) is 0 Å². The van der Waals surface area contributed by atoms with Crippen LogP contribution in [0.25, 0.3) is 11.4 Å². The zero-order valence-corrected chi connectivity index (χ0v) is 10.8. The minimum absolute atomic E-state index is 0.178. The van der Waals surface area contributed by atoms with Gasteiger partial charge in [-0.3, -0.25) is 4.98 Å². The molecule has 2 rings (SSSR count). The standard InChI is InChI=1S/C13H18N4O/c1-3-4-5-11(14)13-16-12(17-18-13)10-8-15-7-6-9(10)2/h6-8,11H,3-5,14H2,1-2H3/t11-/m0/s1. The van der Waals surface area contributed by atoms with Gasteiger partial charge in [-0.1, -0.05) is 24.9 Å². The number of hydrogen-bond acceptors (Lipinski definition) is 5. The van der Waals surface area contributed by atoms with Crippen molar-refractivity contribution in [1.29, 1.82) is 0 Å². The molecule has 0 spiro atoms. The van der Waals surface area contributed by atoms with E-state index in [2.05, 4.69) is 22.0 Å². The number of pyridine rings is 1. The van der Waals surface area contributed by atoms with Crippen LogP contribution < -0.4 is 5.73 Å². The molecular formula is C13H18N4O. The summed E-state index contributed by atoms with van der Waals surface area (Å²) < 4.78 is 5.22. The number of aromatic nitrogens is 3. The molecule has 0 saturated heterocycles. The van der Waals surface area contributed by atoms with Crippen molar-refractivity contribution in [2.45, 2.75) is 39.2 Å². The summed E-state index contributed by atoms with van der Waals surface area (Å²) in [7, 11) is 0. The first-order valence-electron chi connectivity index (χ1n) is 6.22. The molecule has 0 amide bonds. The predicted octanol–water partition coefficient (Wildman–Crippen LogP) is 2.63. The molecule has 2 aromatic heterocycles. The third-order valence-corrected chi connectivity index (χ3v) is 2.91. The highest BCUT2D eigenvalue weighted by atomic mass is 16.5. The highest BCUT2D eigenvalue weighted by molar-refractivity contribution is 5.57. The summed E-state index contributed by atoms with van der Waals surface area (Å²) >= 11 is 0. The van der Waals surface area contributed by atoms with Gasteiger partial charge in [0.05, 0.1) is 6.04 Å². The Hall–Kier alpha value is -1.75. The number of rotatable bonds is 5. The van der Waals surface area contributed by atoms with E-state index in [4.69, 9.17) is 10.3 Å². The fourth-order valence-corrected chi connectivity index (χ4v) is 1.74. The van der Waals surface area contributed by atoms with E-state index in [0.29, 0.717) is 11.7 Å². The van der Waals surface area contributed by atoms with E-state index in [-0.39, 0.29) is 6.04 Å². The molecule has 0 aliphatic rings. The van der Waals surface area contributed by atoms with Crippen LogP contribution in [0.1, 0.15) is 43.7 Å². The normalized spacial score (nSPS) is 12.6. The molecule has 5 heteroatoms. The average molecular weight is 246 g/mol. The molecule has 0 saturated carbocycles. The van der Waals surface area contributed by atoms with Crippen LogP contribution in [0.2, 0.25) is 0 Å². The molecule has 1 atom stereocenters. The Labute approximate surface area is 106 Å². The van der Waals surface area contributed by atoms with Crippen LogP contribution in [0, 0.1) is 6.92 Å². The van der Waals surface area contributed by atoms with Crippen LogP contribution in [0.15, 0.2) is 23.0 Å². The summed E-state index contributed by atoms with van der Waals surface area (Å²) in [5.74, 6) is 1.06. The second kappa shape index (κ2) is 5.73. The van der Waals surface area contributed by atoms with Gasteiger partial charge in [-0.15, -0.1) is 0 Å². The third kappa shape index (κ3) is 2.73. The molecule has 5 nitrogen and oxygen atoms in total. The number of unbranched alkanes of at least 4 members (excludes halogenated alkanes) is 1. The lowest BCUT2D eigenvalue weighted by molar-refractivity contribution is 0.346. The Balaban J connectivity index is 2.18. The molecule has 2 N–H and O–H groups in total. The van der Waals surface area contributed by atoms with E-state index < -0.39 is 0 Å². The first-order chi connectivity index (χ1) is 8.72. The zero-order chi connectivity index (χ0) is 13.0. The maximum Gasteiger partial charge on any atom is 0.243 e. The molecule has 0 bridgehead atoms. The third-order valence-electron chi connectivity index (χ3n) is 2.91. The van der Waals surface area contributed by atoms with E-state index in [9.17, 15) is 0 Å². The Morgan fingerprint density at radius 2 is 2.28 bits per heavy atom. The van der Waals surface area contributed by atoms with E-state index >= 15 is 0 Å². The zero-order valence-electron chi connectivity index (χ0n) is 10.8. The van der Waals surface area contributed by atoms with Crippen LogP contribution in [0.3, 0.4) is 0 Å². The number of aryl methyl sites for hydroxylation is 1. The number of nitrogens with zero attached hydrogens (tertiary/aromatic N) is 3. The molecule has 2 heterocycles. The topological polar surface area (TPSA) is 77.8 Å². The number of nitrogens with two attached hydrogens (primary N) is 1. The minimum atomic E-state index is -0.178. The second-order valence-corrected chi connectivity index (χ2v) is 4.40. The molecule has 96 valence electrons. The van der Waals surface area contributed by atoms with Crippen molar-refractivity contribution in [3.63, 3.8) is 0 Å². The fraction of sp³-hybridized carbons (Fsp3) is 0.462. The molecule has 0 aliphatic heterocycles. The van der Waals surface area contributed by atoms with Crippen LogP contribution in [-0.2, 0) is 0 Å². The monoisotopic (exact) mass is 246 g/mol. The summed E-state index contributed by atoms with van der Waals surface area (Å²) in [4.78, 5) is 8.42. The van der Waals surface area contributed by atoms with Gasteiger partial charge in [0.25, 0.3) is 0 Å². The SMILES string of the molecule is CCCC[C@H](N)c1nc(-c2cnccc2C)no1. The van der Waals surface area contributed by atoms with Gasteiger partial charge in [-0.2, -0.15) is 4.98 Å². The van der Waals surface area contributed by atoms with Gasteiger partial charge in [0.1, 0.15) is 0 Å². The molecule has 0 radical (unpaired) electrons. The Morgan fingerprint density at radius 1 is 1.44 bits per heavy atom. The quantitative estimate of drug-likeness (QED) is 0.877. The van der Waals surface area contributed by atoms with Crippen molar-refractivity contribution in [1.82, 2.24) is 15.1 Å². The van der Waals surface area contributed by atoms with Gasteiger partial charge < -0.3 is 10.3 Å². The summed E-state index contributed by atoms with van der Waals surface area (Å²) in [5.41, 5.74) is 7.95. The maximum absolute atomic E-state index is 6.00. The molecule has 0 aliphatic carbocycles. The van der Waals surface area contributed by atoms with Crippen molar-refractivity contribution in [2.75, 3.05) is 0 Å². The molecule has 0 aromatic carbocycles. The van der Waals surface area contributed by atoms with Crippen LogP contribution in [0.5, 0.6) is 0 Å². The van der Waals surface area contributed by atoms with Crippen molar-refractivity contribution in [3.05, 3.63) is 29.9 Å². The maximum atomic E-state index is 6.00. The lowest BCUT2D eigenvalue weighted by Crippen LogP contribution is -2.10. The average Bonchev–Trinajstić information content (AvgIpc) is 2.86. The molecule has 18 heavy (non-hydrogen) atoms. The molecule has 0 unspecified atom stereocenters. The fourth-order valence-electron chi connectivity index (χ4n) is 1.74. The van der Waals surface area contributed by atoms with Crippen LogP contribution >= 0.6 is 0 Å². The van der Waals surface area contributed by atoms with Crippen LogP contribution in [-0.4, -0.2) is 15.1 Å². The van der Waals surface area contributed by atoms with Gasteiger partial charge in [-0.05, 0) is 25.0 Å². The van der Waals surface area contributed by atoms with Crippen LogP contribution in [0.4, 0.5) is 0 Å². The Morgan fingerprint density at radius 3 is 3.00 bits per heavy atom. The van der Waals surface area contributed by atoms with Crippen molar-refractivity contribution in [3.8, 4) is 11.4 Å². The predicted molar refractivity (Wildman–Crippen MR) is 68.7 cm³/mol. The first kappa shape index (κ1) is 12.7. The van der Waals surface area contributed by atoms with Gasteiger partial charge in [-0.25, -0.2) is 0 Å². The largest absolute Gasteiger partial charge is 0.337 e. The first-order valence-corrected chi connectivity index (χ1v) is 6.22. The summed E-state index contributed by atoms with van der Waals surface area (Å²) in [6.07, 6.45) is 6.51. The highest BCUT2D eigenvalue weighted by Gasteiger charge is 2.16. The van der Waals surface area contributed by atoms with Gasteiger partial charge in [0, 0.05) is 18.0 Å². The Bertz CT molecular complexity index is 509. The van der Waals surface area contributed by atoms with Gasteiger partial charge in [0.15, 0.2) is 0 Å². The lowest BCUT2D eigenvalue weighted by Gasteiger charge is -2.03. The van der Waals surface area contributed by atoms with E-state index in [0.717, 1.165) is 30.4 Å². The van der Waals surface area contributed by atoms with E-state index in [1.54, 1.807) is 12.4 Å². The van der Waals surface area contributed by atoms with Gasteiger partial charge in [0.2, 0.25) is 11.7 Å². The van der Waals surface area contributed by atoms with Gasteiger partial charge >= 0.3 is 0 Å². The van der Waals surface area contributed by atoms with Crippen molar-refractivity contribution in [2.24, 2.45) is 5.73 Å². The summed E-state index contributed by atoms with van der Waals surface area (Å²) in [6, 6.07) is 1.74. The second-order valence-electron chi connectivity index (χ2n) is 4.40. The van der Waals surface area contributed by atoms with Crippen molar-refractivity contribution >= 4 is 0 Å². The molecule has 2 aromatic rings. The highest BCUT2D eigenvalue weighted by Crippen LogP contribution is 2.22. The van der Waals surface area contributed by atoms with E-state index in [1.807, 2.05) is 13.0 Å². The smallest absolute Gasteiger partial charge is 0.243 e. The summed E-state index contributed by atoms with van der Waals surface area (Å²) in [5, 5.41) is 3.97. The number of hydrogen-bond donors (Lipinski definition) is 1. The Kier molecular flexibility index (Phi) is 4.04. The molecule has 0 fully saturated rings.